The maximum Gasteiger partial charge on any atom is 0.387 e. The zero-order valence-corrected chi connectivity index (χ0v) is 20.8. The summed E-state index contributed by atoms with van der Waals surface area (Å²) in [5, 5.41) is 6.86. The minimum absolute atomic E-state index is 0.0201. The summed E-state index contributed by atoms with van der Waals surface area (Å²) < 4.78 is 37.1. The molecule has 3 aliphatic heterocycles. The Labute approximate surface area is 221 Å². The van der Waals surface area contributed by atoms with Crippen molar-refractivity contribution in [3.8, 4) is 17.0 Å². The number of ether oxygens (including phenoxy) is 2. The van der Waals surface area contributed by atoms with Gasteiger partial charge in [0.1, 0.15) is 17.2 Å². The lowest BCUT2D eigenvalue weighted by Gasteiger charge is -2.41. The largest absolute Gasteiger partial charge is 0.435 e. The number of halogens is 2. The molecule has 0 radical (unpaired) electrons. The van der Waals surface area contributed by atoms with E-state index in [9.17, 15) is 13.6 Å². The number of aliphatic imine (C=N–C) groups is 1. The summed E-state index contributed by atoms with van der Waals surface area (Å²) in [4.78, 5) is 26.2. The fraction of sp³-hybridized carbons (Fsp3) is 0.286. The van der Waals surface area contributed by atoms with Crippen LogP contribution in [0, 0.1) is 0 Å². The van der Waals surface area contributed by atoms with E-state index in [1.54, 1.807) is 23.0 Å². The second-order valence-corrected chi connectivity index (χ2v) is 9.94. The van der Waals surface area contributed by atoms with Crippen molar-refractivity contribution in [3.05, 3.63) is 71.2 Å². The molecule has 1 amide bonds. The van der Waals surface area contributed by atoms with E-state index in [1.165, 1.54) is 17.7 Å². The molecule has 1 fully saturated rings. The standard InChI is InChI=1S/C28H24F2N6O3/c29-27(30)39-16-5-8-36-22(14-32-24(36)11-16)17-1-3-20(25-18(17)12-33-26(25)37)34-23-4-2-19-21(35-23)13-31-15-28(19)6-9-38-10-7-28/h1-5,8,11-12,14,27,31H,6-7,9-10,13,15H2,(H,34,35). The molecule has 4 aromatic rings. The summed E-state index contributed by atoms with van der Waals surface area (Å²) >= 11 is 0. The van der Waals surface area contributed by atoms with Gasteiger partial charge < -0.3 is 20.1 Å². The van der Waals surface area contributed by atoms with E-state index >= 15 is 0 Å². The number of hydrogen-bond donors (Lipinski definition) is 2. The van der Waals surface area contributed by atoms with Crippen LogP contribution in [0.5, 0.6) is 5.75 Å². The SMILES string of the molecule is O=C1N=Cc2c(-c3cnc4cc(OC(F)F)ccn34)ccc(Nc3ccc4c(n3)CNCC43CCOCC3)c21. The first-order valence-electron chi connectivity index (χ1n) is 12.7. The first-order valence-corrected chi connectivity index (χ1v) is 12.7. The zero-order valence-electron chi connectivity index (χ0n) is 20.8. The molecule has 0 aliphatic carbocycles. The predicted molar refractivity (Wildman–Crippen MR) is 140 cm³/mol. The fourth-order valence-corrected chi connectivity index (χ4v) is 5.89. The predicted octanol–water partition coefficient (Wildman–Crippen LogP) is 4.47. The van der Waals surface area contributed by atoms with Crippen LogP contribution in [-0.4, -0.2) is 52.9 Å². The highest BCUT2D eigenvalue weighted by Crippen LogP contribution is 2.39. The lowest BCUT2D eigenvalue weighted by atomic mass is 9.72. The molecule has 11 heteroatoms. The third kappa shape index (κ3) is 4.05. The van der Waals surface area contributed by atoms with Crippen LogP contribution in [-0.2, 0) is 16.7 Å². The van der Waals surface area contributed by atoms with Gasteiger partial charge in [0.25, 0.3) is 5.91 Å². The van der Waals surface area contributed by atoms with Gasteiger partial charge in [0.15, 0.2) is 0 Å². The molecule has 6 heterocycles. The molecule has 0 saturated carbocycles. The highest BCUT2D eigenvalue weighted by atomic mass is 19.3. The van der Waals surface area contributed by atoms with E-state index in [-0.39, 0.29) is 17.1 Å². The molecular formula is C28H24F2N6O3. The summed E-state index contributed by atoms with van der Waals surface area (Å²) in [7, 11) is 0. The first-order chi connectivity index (χ1) is 19.0. The average Bonchev–Trinajstić information content (AvgIpc) is 3.53. The van der Waals surface area contributed by atoms with E-state index in [4.69, 9.17) is 9.72 Å². The summed E-state index contributed by atoms with van der Waals surface area (Å²) in [6.45, 7) is 0.182. The molecule has 1 spiro atoms. The third-order valence-electron chi connectivity index (χ3n) is 7.77. The van der Waals surface area contributed by atoms with Crippen molar-refractivity contribution < 1.29 is 23.0 Å². The Bertz CT molecular complexity index is 1640. The molecule has 0 bridgehead atoms. The molecule has 0 unspecified atom stereocenters. The number of amides is 1. The number of carbonyl (C=O) groups excluding carboxylic acids is 1. The number of alkyl halides is 2. The number of carbonyl (C=O) groups is 1. The molecule has 1 aromatic carbocycles. The molecule has 2 N–H and O–H groups in total. The van der Waals surface area contributed by atoms with Gasteiger partial charge in [-0.2, -0.15) is 8.78 Å². The molecule has 39 heavy (non-hydrogen) atoms. The number of fused-ring (bicyclic) bond motifs is 4. The van der Waals surface area contributed by atoms with Crippen molar-refractivity contribution in [3.63, 3.8) is 0 Å². The van der Waals surface area contributed by atoms with E-state index in [1.807, 2.05) is 18.2 Å². The van der Waals surface area contributed by atoms with Crippen LogP contribution < -0.4 is 15.4 Å². The Kier molecular flexibility index (Phi) is 5.64. The van der Waals surface area contributed by atoms with Gasteiger partial charge in [-0.3, -0.25) is 9.20 Å². The number of anilines is 2. The number of pyridine rings is 2. The number of nitrogens with zero attached hydrogens (tertiary/aromatic N) is 4. The van der Waals surface area contributed by atoms with E-state index in [0.717, 1.165) is 43.9 Å². The fourth-order valence-electron chi connectivity index (χ4n) is 5.89. The second-order valence-electron chi connectivity index (χ2n) is 9.94. The van der Waals surface area contributed by atoms with Crippen molar-refractivity contribution in [2.75, 3.05) is 25.1 Å². The Morgan fingerprint density at radius 1 is 1.15 bits per heavy atom. The van der Waals surface area contributed by atoms with Crippen molar-refractivity contribution in [1.82, 2.24) is 19.7 Å². The summed E-state index contributed by atoms with van der Waals surface area (Å²) in [6.07, 6.45) is 6.71. The van der Waals surface area contributed by atoms with Crippen LogP contribution >= 0.6 is 0 Å². The minimum atomic E-state index is -2.92. The number of rotatable bonds is 5. The second kappa shape index (κ2) is 9.21. The maximum atomic E-state index is 12.9. The lowest BCUT2D eigenvalue weighted by molar-refractivity contribution is -0.0498. The molecule has 0 atom stereocenters. The summed E-state index contributed by atoms with van der Waals surface area (Å²) in [5.74, 6) is 0.318. The van der Waals surface area contributed by atoms with Crippen LogP contribution in [0.1, 0.15) is 40.0 Å². The van der Waals surface area contributed by atoms with Crippen molar-refractivity contribution in [2.45, 2.75) is 31.4 Å². The Hall–Kier alpha value is -4.22. The normalized spacial score (nSPS) is 17.6. The zero-order chi connectivity index (χ0) is 26.6. The van der Waals surface area contributed by atoms with Gasteiger partial charge >= 0.3 is 6.61 Å². The van der Waals surface area contributed by atoms with Crippen LogP contribution in [0.25, 0.3) is 16.9 Å². The van der Waals surface area contributed by atoms with Gasteiger partial charge in [-0.15, -0.1) is 0 Å². The smallest absolute Gasteiger partial charge is 0.387 e. The van der Waals surface area contributed by atoms with Crippen molar-refractivity contribution in [2.24, 2.45) is 4.99 Å². The van der Waals surface area contributed by atoms with Gasteiger partial charge in [0.05, 0.1) is 28.8 Å². The quantitative estimate of drug-likeness (QED) is 0.393. The first kappa shape index (κ1) is 23.9. The van der Waals surface area contributed by atoms with Gasteiger partial charge in [-0.05, 0) is 36.6 Å². The van der Waals surface area contributed by atoms with Crippen molar-refractivity contribution in [1.29, 1.82) is 0 Å². The molecule has 3 aliphatic rings. The number of aromatic nitrogens is 3. The summed E-state index contributed by atoms with van der Waals surface area (Å²) in [6, 6.07) is 10.7. The monoisotopic (exact) mass is 530 g/mol. The molecular weight excluding hydrogens is 506 g/mol. The Morgan fingerprint density at radius 3 is 2.87 bits per heavy atom. The third-order valence-corrected chi connectivity index (χ3v) is 7.77. The van der Waals surface area contributed by atoms with E-state index in [2.05, 4.69) is 31.4 Å². The topological polar surface area (TPSA) is 102 Å². The minimum Gasteiger partial charge on any atom is -0.435 e. The van der Waals surface area contributed by atoms with Crippen LogP contribution in [0.4, 0.5) is 20.3 Å². The van der Waals surface area contributed by atoms with Gasteiger partial charge in [-0.25, -0.2) is 15.0 Å². The lowest BCUT2D eigenvalue weighted by Crippen LogP contribution is -2.47. The van der Waals surface area contributed by atoms with Crippen LogP contribution in [0.3, 0.4) is 0 Å². The van der Waals surface area contributed by atoms with E-state index in [0.29, 0.717) is 40.5 Å². The number of nitrogens with one attached hydrogen (secondary N) is 2. The van der Waals surface area contributed by atoms with Gasteiger partial charge in [0, 0.05) is 61.3 Å². The Balaban J connectivity index is 1.23. The average molecular weight is 531 g/mol. The molecule has 3 aromatic heterocycles. The van der Waals surface area contributed by atoms with Crippen LogP contribution in [0.2, 0.25) is 0 Å². The molecule has 7 rings (SSSR count). The van der Waals surface area contributed by atoms with E-state index < -0.39 is 6.61 Å². The van der Waals surface area contributed by atoms with Crippen molar-refractivity contribution >= 4 is 29.3 Å². The van der Waals surface area contributed by atoms with Gasteiger partial charge in [0.2, 0.25) is 0 Å². The maximum absolute atomic E-state index is 12.9. The molecule has 198 valence electrons. The van der Waals surface area contributed by atoms with Crippen LogP contribution in [0.15, 0.2) is 53.8 Å². The number of imidazole rings is 1. The summed E-state index contributed by atoms with van der Waals surface area (Å²) in [5.41, 5.74) is 5.89. The highest BCUT2D eigenvalue weighted by molar-refractivity contribution is 6.19. The Morgan fingerprint density at radius 2 is 2.03 bits per heavy atom. The van der Waals surface area contributed by atoms with Gasteiger partial charge in [-0.1, -0.05) is 12.1 Å². The number of benzene rings is 1. The highest BCUT2D eigenvalue weighted by Gasteiger charge is 2.38. The molecule has 9 nitrogen and oxygen atoms in total. The molecule has 1 saturated heterocycles. The number of hydrogen-bond acceptors (Lipinski definition) is 7.